The summed E-state index contributed by atoms with van der Waals surface area (Å²) in [7, 11) is 0. The molecule has 0 aliphatic carbocycles. The number of aromatic nitrogens is 1. The van der Waals surface area contributed by atoms with Gasteiger partial charge in [0, 0.05) is 35.2 Å². The monoisotopic (exact) mass is 491 g/mol. The zero-order chi connectivity index (χ0) is 25.9. The van der Waals surface area contributed by atoms with Crippen molar-refractivity contribution in [2.24, 2.45) is 0 Å². The second-order valence-electron chi connectivity index (χ2n) is 9.02. The molecule has 1 heterocycles. The number of hydrogen-bond acceptors (Lipinski definition) is 2. The minimum Gasteiger partial charge on any atom is -0.465 e. The van der Waals surface area contributed by atoms with Crippen molar-refractivity contribution < 1.29 is 23.5 Å². The minimum atomic E-state index is -1.62. The summed E-state index contributed by atoms with van der Waals surface area (Å²) >= 11 is 0. The lowest BCUT2D eigenvalue weighted by atomic mass is 9.88. The van der Waals surface area contributed by atoms with Crippen molar-refractivity contribution in [2.75, 3.05) is 0 Å². The number of halogens is 2. The Morgan fingerprint density at radius 1 is 1.03 bits per heavy atom. The molecular formula is C28H27F2N3O3. The van der Waals surface area contributed by atoms with E-state index in [1.54, 1.807) is 6.20 Å². The number of rotatable bonds is 8. The van der Waals surface area contributed by atoms with Crippen LogP contribution in [0.1, 0.15) is 36.6 Å². The van der Waals surface area contributed by atoms with E-state index in [2.05, 4.69) is 10.3 Å². The van der Waals surface area contributed by atoms with Crippen LogP contribution >= 0.6 is 0 Å². The van der Waals surface area contributed by atoms with Crippen LogP contribution in [0, 0.1) is 11.6 Å². The number of hydrogen-bond donors (Lipinski definition) is 3. The molecule has 2 unspecified atom stereocenters. The van der Waals surface area contributed by atoms with Gasteiger partial charge in [-0.15, -0.1) is 0 Å². The lowest BCUT2D eigenvalue weighted by molar-refractivity contribution is -0.132. The Kier molecular flexibility index (Phi) is 7.05. The molecule has 36 heavy (non-hydrogen) atoms. The molecule has 0 saturated heterocycles. The van der Waals surface area contributed by atoms with Gasteiger partial charge in [-0.3, -0.25) is 9.69 Å². The first kappa shape index (κ1) is 24.9. The van der Waals surface area contributed by atoms with Crippen LogP contribution in [0.4, 0.5) is 13.6 Å². The summed E-state index contributed by atoms with van der Waals surface area (Å²) in [6, 6.07) is 19.3. The lowest BCUT2D eigenvalue weighted by Crippen LogP contribution is -2.60. The van der Waals surface area contributed by atoms with Crippen molar-refractivity contribution in [3.8, 4) is 0 Å². The Morgan fingerprint density at radius 3 is 2.42 bits per heavy atom. The van der Waals surface area contributed by atoms with Crippen LogP contribution in [0.25, 0.3) is 10.9 Å². The molecule has 3 aromatic carbocycles. The van der Waals surface area contributed by atoms with E-state index in [9.17, 15) is 23.5 Å². The van der Waals surface area contributed by atoms with E-state index < -0.39 is 41.8 Å². The number of carbonyl (C=O) groups is 2. The predicted molar refractivity (Wildman–Crippen MR) is 133 cm³/mol. The Morgan fingerprint density at radius 2 is 1.72 bits per heavy atom. The predicted octanol–water partition coefficient (Wildman–Crippen LogP) is 5.80. The fraction of sp³-hybridized carbons (Fsp3) is 0.214. The lowest BCUT2D eigenvalue weighted by Gasteiger charge is -2.39. The normalized spacial score (nSPS) is 13.7. The van der Waals surface area contributed by atoms with Crippen molar-refractivity contribution in [2.45, 2.75) is 38.4 Å². The molecule has 0 saturated carbocycles. The first-order valence-corrected chi connectivity index (χ1v) is 11.5. The van der Waals surface area contributed by atoms with Gasteiger partial charge < -0.3 is 15.4 Å². The van der Waals surface area contributed by atoms with Crippen LogP contribution in [0.3, 0.4) is 0 Å². The molecule has 0 radical (unpaired) electrons. The maximum Gasteiger partial charge on any atom is 0.408 e. The number of para-hydroxylation sites is 1. The van der Waals surface area contributed by atoms with Gasteiger partial charge in [0.25, 0.3) is 0 Å². The minimum absolute atomic E-state index is 0.0273. The van der Waals surface area contributed by atoms with Gasteiger partial charge in [0.05, 0.1) is 12.6 Å². The maximum absolute atomic E-state index is 14.5. The SMILES string of the molecule is CC(NC(=O)C(C)(Cc1c[nH]c2ccccc12)N(Cc1ccc(F)cc1F)C(=O)O)c1ccccc1. The molecule has 2 atom stereocenters. The molecule has 0 fully saturated rings. The molecule has 186 valence electrons. The number of carboxylic acid groups (broad SMARTS) is 1. The average Bonchev–Trinajstić information content (AvgIpc) is 3.26. The number of benzene rings is 3. The van der Waals surface area contributed by atoms with E-state index in [-0.39, 0.29) is 12.0 Å². The summed E-state index contributed by atoms with van der Waals surface area (Å²) in [6.45, 7) is 2.90. The molecule has 1 aromatic heterocycles. The third-order valence-corrected chi connectivity index (χ3v) is 6.52. The Hall–Kier alpha value is -4.20. The van der Waals surface area contributed by atoms with E-state index in [0.717, 1.165) is 33.0 Å². The van der Waals surface area contributed by atoms with Crippen LogP contribution in [0.2, 0.25) is 0 Å². The second kappa shape index (κ2) is 10.2. The first-order chi connectivity index (χ1) is 17.2. The highest BCUT2D eigenvalue weighted by Gasteiger charge is 2.44. The summed E-state index contributed by atoms with van der Waals surface area (Å²) in [6.07, 6.45) is 0.373. The molecule has 2 amide bonds. The third kappa shape index (κ3) is 5.07. The van der Waals surface area contributed by atoms with Crippen LogP contribution in [-0.2, 0) is 17.8 Å². The number of amides is 2. The third-order valence-electron chi connectivity index (χ3n) is 6.52. The fourth-order valence-corrected chi connectivity index (χ4v) is 4.40. The molecule has 0 aliphatic rings. The first-order valence-electron chi connectivity index (χ1n) is 11.5. The summed E-state index contributed by atoms with van der Waals surface area (Å²) in [4.78, 5) is 30.4. The quantitative estimate of drug-likeness (QED) is 0.291. The van der Waals surface area contributed by atoms with Crippen LogP contribution in [-0.4, -0.2) is 32.5 Å². The van der Waals surface area contributed by atoms with Crippen molar-refractivity contribution >= 4 is 22.9 Å². The van der Waals surface area contributed by atoms with Crippen molar-refractivity contribution in [1.82, 2.24) is 15.2 Å². The van der Waals surface area contributed by atoms with Gasteiger partial charge in [-0.1, -0.05) is 54.6 Å². The molecular weight excluding hydrogens is 464 g/mol. The van der Waals surface area contributed by atoms with Crippen molar-refractivity contribution in [1.29, 1.82) is 0 Å². The van der Waals surface area contributed by atoms with Gasteiger partial charge in [0.15, 0.2) is 0 Å². The highest BCUT2D eigenvalue weighted by Crippen LogP contribution is 2.30. The topological polar surface area (TPSA) is 85.4 Å². The molecule has 0 aliphatic heterocycles. The van der Waals surface area contributed by atoms with E-state index in [4.69, 9.17) is 0 Å². The van der Waals surface area contributed by atoms with Gasteiger partial charge in [-0.2, -0.15) is 0 Å². The Balaban J connectivity index is 1.74. The van der Waals surface area contributed by atoms with E-state index in [0.29, 0.717) is 6.07 Å². The smallest absolute Gasteiger partial charge is 0.408 e. The van der Waals surface area contributed by atoms with Gasteiger partial charge in [0.1, 0.15) is 17.2 Å². The van der Waals surface area contributed by atoms with Crippen molar-refractivity contribution in [3.63, 3.8) is 0 Å². The van der Waals surface area contributed by atoms with Crippen LogP contribution in [0.15, 0.2) is 79.0 Å². The highest BCUT2D eigenvalue weighted by atomic mass is 19.1. The fourth-order valence-electron chi connectivity index (χ4n) is 4.40. The summed E-state index contributed by atoms with van der Waals surface area (Å²) in [5.74, 6) is -2.18. The number of nitrogens with one attached hydrogen (secondary N) is 2. The van der Waals surface area contributed by atoms with Gasteiger partial charge in [-0.05, 0) is 37.1 Å². The Bertz CT molecular complexity index is 1390. The number of H-pyrrole nitrogens is 1. The molecule has 0 bridgehead atoms. The van der Waals surface area contributed by atoms with Crippen LogP contribution < -0.4 is 5.32 Å². The van der Waals surface area contributed by atoms with Gasteiger partial charge >= 0.3 is 6.09 Å². The molecule has 3 N–H and O–H groups in total. The van der Waals surface area contributed by atoms with E-state index in [1.807, 2.05) is 61.5 Å². The average molecular weight is 492 g/mol. The molecule has 4 rings (SSSR count). The van der Waals surface area contributed by atoms with E-state index >= 15 is 0 Å². The van der Waals surface area contributed by atoms with Crippen LogP contribution in [0.5, 0.6) is 0 Å². The largest absolute Gasteiger partial charge is 0.465 e. The van der Waals surface area contributed by atoms with Gasteiger partial charge in [-0.25, -0.2) is 13.6 Å². The Labute approximate surface area is 207 Å². The zero-order valence-corrected chi connectivity index (χ0v) is 20.0. The zero-order valence-electron chi connectivity index (χ0n) is 20.0. The number of carbonyl (C=O) groups excluding carboxylic acids is 1. The van der Waals surface area contributed by atoms with Gasteiger partial charge in [0.2, 0.25) is 5.91 Å². The number of nitrogens with zero attached hydrogens (tertiary/aromatic N) is 1. The molecule has 4 aromatic rings. The number of aromatic amines is 1. The maximum atomic E-state index is 14.5. The molecule has 6 nitrogen and oxygen atoms in total. The van der Waals surface area contributed by atoms with Crippen molar-refractivity contribution in [3.05, 3.63) is 107 Å². The molecule has 8 heteroatoms. The second-order valence-corrected chi connectivity index (χ2v) is 9.02. The van der Waals surface area contributed by atoms with E-state index in [1.165, 1.54) is 13.0 Å². The summed E-state index contributed by atoms with van der Waals surface area (Å²) in [5.41, 5.74) is 0.779. The molecule has 0 spiro atoms. The number of fused-ring (bicyclic) bond motifs is 1. The summed E-state index contributed by atoms with van der Waals surface area (Å²) < 4.78 is 28.0. The summed E-state index contributed by atoms with van der Waals surface area (Å²) in [5, 5.41) is 14.0. The highest BCUT2D eigenvalue weighted by molar-refractivity contribution is 5.91. The standard InChI is InChI=1S/C28H27F2N3O3/c1-18(19-8-4-3-5-9-19)32-26(34)28(2,15-21-16-31-25-11-7-6-10-23(21)25)33(27(35)36)17-20-12-13-22(29)14-24(20)30/h3-14,16,18,31H,15,17H2,1-2H3,(H,32,34)(H,35,36).